The van der Waals surface area contributed by atoms with Crippen molar-refractivity contribution in [3.05, 3.63) is 51.2 Å². The predicted octanol–water partition coefficient (Wildman–Crippen LogP) is 4.00. The number of carbonyl (C=O) groups excluding carboxylic acids is 1. The molecule has 0 radical (unpaired) electrons. The number of aryl methyl sites for hydroxylation is 1. The van der Waals surface area contributed by atoms with Crippen LogP contribution in [0.1, 0.15) is 23.3 Å². The molecule has 0 bridgehead atoms. The number of thiocarbonyl (C=S) groups is 1. The molecular weight excluding hydrogens is 324 g/mol. The third-order valence-electron chi connectivity index (χ3n) is 2.93. The number of nitrogens with one attached hydrogen (secondary N) is 1. The second-order valence-corrected chi connectivity index (χ2v) is 6.42. The van der Waals surface area contributed by atoms with E-state index in [2.05, 4.69) is 11.4 Å². The van der Waals surface area contributed by atoms with Crippen molar-refractivity contribution >= 4 is 51.7 Å². The van der Waals surface area contributed by atoms with E-state index in [1.54, 1.807) is 29.5 Å². The molecule has 0 fully saturated rings. The Kier molecular flexibility index (Phi) is 5.73. The number of anilines is 1. The molecule has 0 saturated carbocycles. The highest BCUT2D eigenvalue weighted by Gasteiger charge is 2.08. The maximum absolute atomic E-state index is 11.9. The number of carbonyl (C=O) groups is 1. The lowest BCUT2D eigenvalue weighted by Crippen LogP contribution is -2.14. The summed E-state index contributed by atoms with van der Waals surface area (Å²) in [7, 11) is 0. The summed E-state index contributed by atoms with van der Waals surface area (Å²) < 4.78 is 0. The van der Waals surface area contributed by atoms with Gasteiger partial charge in [-0.3, -0.25) is 4.79 Å². The lowest BCUT2D eigenvalue weighted by atomic mass is 10.1. The molecule has 1 aromatic carbocycles. The van der Waals surface area contributed by atoms with E-state index in [1.807, 2.05) is 11.4 Å². The summed E-state index contributed by atoms with van der Waals surface area (Å²) in [6.07, 6.45) is 2.16. The second-order valence-electron chi connectivity index (χ2n) is 4.54. The van der Waals surface area contributed by atoms with E-state index in [0.717, 1.165) is 12.8 Å². The third kappa shape index (κ3) is 4.81. The molecule has 0 aliphatic carbocycles. The van der Waals surface area contributed by atoms with Crippen LogP contribution < -0.4 is 11.1 Å². The number of nitrogens with two attached hydrogens (primary N) is 1. The molecule has 6 heteroatoms. The van der Waals surface area contributed by atoms with E-state index in [1.165, 1.54) is 4.88 Å². The number of halogens is 1. The quantitative estimate of drug-likeness (QED) is 0.783. The smallest absolute Gasteiger partial charge is 0.224 e. The van der Waals surface area contributed by atoms with Crippen molar-refractivity contribution in [1.82, 2.24) is 0 Å². The summed E-state index contributed by atoms with van der Waals surface area (Å²) in [6, 6.07) is 9.20. The molecule has 2 aromatic rings. The van der Waals surface area contributed by atoms with E-state index in [4.69, 9.17) is 29.6 Å². The standard InChI is InChI=1S/C15H15ClN2OS2/c16-12-7-6-10(15(17)20)9-13(12)18-14(19)5-1-3-11-4-2-8-21-11/h2,4,6-9H,1,3,5H2,(H2,17,20)(H,18,19). The van der Waals surface area contributed by atoms with Gasteiger partial charge in [0.05, 0.1) is 10.7 Å². The molecule has 0 spiro atoms. The Morgan fingerprint density at radius 3 is 2.86 bits per heavy atom. The summed E-state index contributed by atoms with van der Waals surface area (Å²) in [4.78, 5) is 13.5. The zero-order valence-electron chi connectivity index (χ0n) is 11.3. The fraction of sp³-hybridized carbons (Fsp3) is 0.200. The monoisotopic (exact) mass is 338 g/mol. The number of benzene rings is 1. The van der Waals surface area contributed by atoms with Gasteiger partial charge >= 0.3 is 0 Å². The second kappa shape index (κ2) is 7.54. The largest absolute Gasteiger partial charge is 0.389 e. The van der Waals surface area contributed by atoms with E-state index >= 15 is 0 Å². The fourth-order valence-electron chi connectivity index (χ4n) is 1.87. The van der Waals surface area contributed by atoms with Crippen LogP contribution in [0.2, 0.25) is 5.02 Å². The molecule has 1 aromatic heterocycles. The van der Waals surface area contributed by atoms with Crippen LogP contribution in [-0.2, 0) is 11.2 Å². The maximum atomic E-state index is 11.9. The molecule has 21 heavy (non-hydrogen) atoms. The van der Waals surface area contributed by atoms with E-state index in [9.17, 15) is 4.79 Å². The number of rotatable bonds is 6. The molecule has 0 atom stereocenters. The van der Waals surface area contributed by atoms with Gasteiger partial charge in [0.1, 0.15) is 4.99 Å². The van der Waals surface area contributed by atoms with Crippen molar-refractivity contribution < 1.29 is 4.79 Å². The molecule has 3 N–H and O–H groups in total. The van der Waals surface area contributed by atoms with Crippen LogP contribution in [-0.4, -0.2) is 10.9 Å². The summed E-state index contributed by atoms with van der Waals surface area (Å²) >= 11 is 12.7. The number of thiophene rings is 1. The number of hydrogen-bond donors (Lipinski definition) is 2. The minimum Gasteiger partial charge on any atom is -0.389 e. The molecule has 0 unspecified atom stereocenters. The van der Waals surface area contributed by atoms with Gasteiger partial charge in [0.2, 0.25) is 5.91 Å². The first-order valence-electron chi connectivity index (χ1n) is 6.48. The summed E-state index contributed by atoms with van der Waals surface area (Å²) in [5.74, 6) is -0.0615. The van der Waals surface area contributed by atoms with Crippen molar-refractivity contribution in [3.8, 4) is 0 Å². The molecule has 0 aliphatic heterocycles. The summed E-state index contributed by atoms with van der Waals surface area (Å²) in [5.41, 5.74) is 6.80. The van der Waals surface area contributed by atoms with Gasteiger partial charge in [-0.2, -0.15) is 0 Å². The van der Waals surface area contributed by atoms with Crippen molar-refractivity contribution in [3.63, 3.8) is 0 Å². The van der Waals surface area contributed by atoms with Gasteiger partial charge in [-0.15, -0.1) is 11.3 Å². The molecule has 2 rings (SSSR count). The van der Waals surface area contributed by atoms with Crippen LogP contribution in [0.5, 0.6) is 0 Å². The van der Waals surface area contributed by atoms with Crippen molar-refractivity contribution in [2.75, 3.05) is 5.32 Å². The Balaban J connectivity index is 1.90. The Bertz CT molecular complexity index is 641. The van der Waals surface area contributed by atoms with Gasteiger partial charge in [0.25, 0.3) is 0 Å². The topological polar surface area (TPSA) is 55.1 Å². The molecule has 0 saturated heterocycles. The molecular formula is C15H15ClN2OS2. The lowest BCUT2D eigenvalue weighted by Gasteiger charge is -2.09. The van der Waals surface area contributed by atoms with Crippen molar-refractivity contribution in [2.45, 2.75) is 19.3 Å². The zero-order valence-corrected chi connectivity index (χ0v) is 13.7. The predicted molar refractivity (Wildman–Crippen MR) is 93.2 cm³/mol. The van der Waals surface area contributed by atoms with E-state index < -0.39 is 0 Å². The molecule has 1 amide bonds. The average Bonchev–Trinajstić information content (AvgIpc) is 2.94. The van der Waals surface area contributed by atoms with Crippen LogP contribution in [0.3, 0.4) is 0 Å². The zero-order chi connectivity index (χ0) is 15.2. The van der Waals surface area contributed by atoms with Gasteiger partial charge < -0.3 is 11.1 Å². The highest BCUT2D eigenvalue weighted by Crippen LogP contribution is 2.23. The summed E-state index contributed by atoms with van der Waals surface area (Å²) in [6.45, 7) is 0. The summed E-state index contributed by atoms with van der Waals surface area (Å²) in [5, 5.41) is 5.31. The van der Waals surface area contributed by atoms with Gasteiger partial charge in [0.15, 0.2) is 0 Å². The highest BCUT2D eigenvalue weighted by molar-refractivity contribution is 7.80. The minimum atomic E-state index is -0.0615. The van der Waals surface area contributed by atoms with Crippen molar-refractivity contribution in [2.24, 2.45) is 5.73 Å². The number of amides is 1. The van der Waals surface area contributed by atoms with Crippen LogP contribution in [0.4, 0.5) is 5.69 Å². The third-order valence-corrected chi connectivity index (χ3v) is 4.43. The molecule has 0 aliphatic rings. The maximum Gasteiger partial charge on any atom is 0.224 e. The first-order valence-corrected chi connectivity index (χ1v) is 8.14. The Labute approximate surface area is 138 Å². The van der Waals surface area contributed by atoms with E-state index in [-0.39, 0.29) is 10.9 Å². The van der Waals surface area contributed by atoms with Gasteiger partial charge in [-0.05, 0) is 36.4 Å². The fourth-order valence-corrected chi connectivity index (χ4v) is 2.91. The molecule has 3 nitrogen and oxygen atoms in total. The minimum absolute atomic E-state index is 0.0615. The van der Waals surface area contributed by atoms with Gasteiger partial charge in [0, 0.05) is 16.9 Å². The van der Waals surface area contributed by atoms with Crippen LogP contribution >= 0.6 is 35.2 Å². The van der Waals surface area contributed by atoms with Crippen LogP contribution in [0.25, 0.3) is 0 Å². The first kappa shape index (κ1) is 15.9. The van der Waals surface area contributed by atoms with Crippen molar-refractivity contribution in [1.29, 1.82) is 0 Å². The van der Waals surface area contributed by atoms with E-state index in [0.29, 0.717) is 22.7 Å². The lowest BCUT2D eigenvalue weighted by molar-refractivity contribution is -0.116. The number of hydrogen-bond acceptors (Lipinski definition) is 3. The average molecular weight is 339 g/mol. The molecule has 1 heterocycles. The first-order chi connectivity index (χ1) is 10.1. The van der Waals surface area contributed by atoms with Gasteiger partial charge in [-0.1, -0.05) is 36.0 Å². The van der Waals surface area contributed by atoms with Gasteiger partial charge in [-0.25, -0.2) is 0 Å². The SMILES string of the molecule is NC(=S)c1ccc(Cl)c(NC(=O)CCCc2cccs2)c1. The highest BCUT2D eigenvalue weighted by atomic mass is 35.5. The van der Waals surface area contributed by atoms with Crippen LogP contribution in [0.15, 0.2) is 35.7 Å². The normalized spacial score (nSPS) is 10.3. The Morgan fingerprint density at radius 1 is 1.38 bits per heavy atom. The molecule has 110 valence electrons. The van der Waals surface area contributed by atoms with Crippen LogP contribution in [0, 0.1) is 0 Å². The Morgan fingerprint density at radius 2 is 2.19 bits per heavy atom. The Hall–Kier alpha value is -1.43.